The summed E-state index contributed by atoms with van der Waals surface area (Å²) in [6, 6.07) is 20.7. The van der Waals surface area contributed by atoms with Crippen LogP contribution in [0, 0.1) is 6.92 Å². The summed E-state index contributed by atoms with van der Waals surface area (Å²) in [5.74, 6) is 0.970. The van der Waals surface area contributed by atoms with E-state index in [1.54, 1.807) is 12.1 Å². The monoisotopic (exact) mass is 614 g/mol. The smallest absolute Gasteiger partial charge is 0.410 e. The van der Waals surface area contributed by atoms with Gasteiger partial charge in [-0.2, -0.15) is 0 Å². The number of nitrogens with one attached hydrogen (secondary N) is 2. The molecule has 45 heavy (non-hydrogen) atoms. The SMILES string of the molecule is CCCCCCCCCc1ccc(OC(=O)Nc2ccc(C)c(NC(=O)Oc3ccc(CCCCCCCCC)cc3)c2)cc1. The van der Waals surface area contributed by atoms with Crippen molar-refractivity contribution in [2.75, 3.05) is 10.6 Å². The van der Waals surface area contributed by atoms with Crippen molar-refractivity contribution in [1.82, 2.24) is 0 Å². The first-order valence-electron chi connectivity index (χ1n) is 17.2. The molecule has 0 saturated carbocycles. The van der Waals surface area contributed by atoms with Crippen molar-refractivity contribution < 1.29 is 19.1 Å². The fourth-order valence-electron chi connectivity index (χ4n) is 5.35. The standard InChI is InChI=1S/C39H54N2O4/c1-4-6-8-10-12-14-16-18-32-21-26-35(27-22-32)44-38(42)40-34-25-20-31(3)37(30-34)41-39(43)45-36-28-23-33(24-29-36)19-17-15-13-11-9-7-5-2/h20-30H,4-19H2,1-3H3,(H,40,42)(H,41,43). The molecule has 0 spiro atoms. The molecule has 3 aromatic rings. The van der Waals surface area contributed by atoms with Gasteiger partial charge in [0.05, 0.1) is 0 Å². The molecule has 6 heteroatoms. The number of carbonyl (C=O) groups excluding carboxylic acids is 2. The lowest BCUT2D eigenvalue weighted by Crippen LogP contribution is -2.19. The lowest BCUT2D eigenvalue weighted by Gasteiger charge is -2.12. The predicted octanol–water partition coefficient (Wildman–Crippen LogP) is 11.8. The predicted molar refractivity (Wildman–Crippen MR) is 187 cm³/mol. The summed E-state index contributed by atoms with van der Waals surface area (Å²) in [5, 5.41) is 5.53. The Balaban J connectivity index is 1.39. The summed E-state index contributed by atoms with van der Waals surface area (Å²) in [5.41, 5.74) is 4.39. The van der Waals surface area contributed by atoms with Gasteiger partial charge in [0.1, 0.15) is 11.5 Å². The number of benzene rings is 3. The Hall–Kier alpha value is -3.80. The molecule has 6 nitrogen and oxygen atoms in total. The van der Waals surface area contributed by atoms with Crippen LogP contribution < -0.4 is 20.1 Å². The third-order valence-corrected chi connectivity index (χ3v) is 8.13. The normalized spacial score (nSPS) is 10.8. The first kappa shape index (κ1) is 35.7. The zero-order valence-corrected chi connectivity index (χ0v) is 27.8. The van der Waals surface area contributed by atoms with E-state index < -0.39 is 12.2 Å². The molecule has 0 saturated heterocycles. The average Bonchev–Trinajstić information content (AvgIpc) is 3.03. The van der Waals surface area contributed by atoms with E-state index in [0.29, 0.717) is 22.9 Å². The van der Waals surface area contributed by atoms with Gasteiger partial charge in [-0.3, -0.25) is 10.6 Å². The van der Waals surface area contributed by atoms with E-state index in [-0.39, 0.29) is 0 Å². The van der Waals surface area contributed by atoms with Crippen LogP contribution in [0.3, 0.4) is 0 Å². The fraction of sp³-hybridized carbons (Fsp3) is 0.487. The molecule has 0 unspecified atom stereocenters. The number of carbonyl (C=O) groups is 2. The van der Waals surface area contributed by atoms with E-state index in [9.17, 15) is 9.59 Å². The molecule has 0 aromatic heterocycles. The van der Waals surface area contributed by atoms with Gasteiger partial charge in [0.15, 0.2) is 0 Å². The van der Waals surface area contributed by atoms with E-state index in [2.05, 4.69) is 24.5 Å². The molecule has 2 N–H and O–H groups in total. The van der Waals surface area contributed by atoms with Crippen LogP contribution in [0.4, 0.5) is 21.0 Å². The second kappa shape index (κ2) is 21.0. The van der Waals surface area contributed by atoms with Gasteiger partial charge in [0.2, 0.25) is 0 Å². The second-order valence-corrected chi connectivity index (χ2v) is 12.1. The Morgan fingerprint density at radius 3 is 1.42 bits per heavy atom. The van der Waals surface area contributed by atoms with Crippen LogP contribution in [0.2, 0.25) is 0 Å². The number of unbranched alkanes of at least 4 members (excludes halogenated alkanes) is 12. The molecular formula is C39H54N2O4. The molecule has 0 fully saturated rings. The summed E-state index contributed by atoms with van der Waals surface area (Å²) in [6.07, 6.45) is 18.9. The Labute approximate surface area is 271 Å². The Morgan fingerprint density at radius 1 is 0.533 bits per heavy atom. The van der Waals surface area contributed by atoms with Crippen molar-refractivity contribution in [2.24, 2.45) is 0 Å². The van der Waals surface area contributed by atoms with Crippen LogP contribution in [0.25, 0.3) is 0 Å². The molecular weight excluding hydrogens is 560 g/mol. The van der Waals surface area contributed by atoms with Gasteiger partial charge in [-0.25, -0.2) is 9.59 Å². The van der Waals surface area contributed by atoms with Crippen LogP contribution in [0.1, 0.15) is 120 Å². The lowest BCUT2D eigenvalue weighted by molar-refractivity contribution is 0.214. The van der Waals surface area contributed by atoms with Crippen LogP contribution in [0.15, 0.2) is 66.7 Å². The van der Waals surface area contributed by atoms with Crippen LogP contribution in [-0.2, 0) is 12.8 Å². The minimum absolute atomic E-state index is 0.485. The number of rotatable bonds is 20. The van der Waals surface area contributed by atoms with Gasteiger partial charge in [-0.05, 0) is 85.7 Å². The van der Waals surface area contributed by atoms with E-state index in [4.69, 9.17) is 9.47 Å². The van der Waals surface area contributed by atoms with Crippen molar-refractivity contribution >= 4 is 23.6 Å². The van der Waals surface area contributed by atoms with E-state index in [0.717, 1.165) is 18.4 Å². The third-order valence-electron chi connectivity index (χ3n) is 8.13. The van der Waals surface area contributed by atoms with Crippen molar-refractivity contribution in [3.63, 3.8) is 0 Å². The molecule has 0 aliphatic carbocycles. The molecule has 2 amide bonds. The third kappa shape index (κ3) is 14.7. The van der Waals surface area contributed by atoms with Crippen LogP contribution in [-0.4, -0.2) is 12.2 Å². The molecule has 0 radical (unpaired) electrons. The van der Waals surface area contributed by atoms with Gasteiger partial charge in [0.25, 0.3) is 0 Å². The van der Waals surface area contributed by atoms with Crippen molar-refractivity contribution in [3.05, 3.63) is 83.4 Å². The number of anilines is 2. The number of hydrogen-bond donors (Lipinski definition) is 2. The second-order valence-electron chi connectivity index (χ2n) is 12.1. The van der Waals surface area contributed by atoms with Crippen molar-refractivity contribution in [1.29, 1.82) is 0 Å². The molecule has 3 aromatic carbocycles. The minimum Gasteiger partial charge on any atom is -0.410 e. The van der Waals surface area contributed by atoms with Crippen LogP contribution in [0.5, 0.6) is 11.5 Å². The number of hydrogen-bond acceptors (Lipinski definition) is 4. The van der Waals surface area contributed by atoms with E-state index >= 15 is 0 Å². The number of aryl methyl sites for hydroxylation is 3. The summed E-state index contributed by atoms with van der Waals surface area (Å²) >= 11 is 0. The van der Waals surface area contributed by atoms with Gasteiger partial charge in [-0.1, -0.05) is 121 Å². The number of amides is 2. The molecule has 0 heterocycles. The number of ether oxygens (including phenoxy) is 2. The molecule has 0 aliphatic heterocycles. The largest absolute Gasteiger partial charge is 0.417 e. The Bertz CT molecular complexity index is 1270. The summed E-state index contributed by atoms with van der Waals surface area (Å²) in [4.78, 5) is 25.2. The summed E-state index contributed by atoms with van der Waals surface area (Å²) < 4.78 is 11.0. The summed E-state index contributed by atoms with van der Waals surface area (Å²) in [6.45, 7) is 6.36. The van der Waals surface area contributed by atoms with Crippen molar-refractivity contribution in [3.8, 4) is 11.5 Å². The molecule has 0 bridgehead atoms. The maximum atomic E-state index is 12.6. The molecule has 244 valence electrons. The lowest BCUT2D eigenvalue weighted by atomic mass is 10.0. The van der Waals surface area contributed by atoms with Crippen molar-refractivity contribution in [2.45, 2.75) is 124 Å². The molecule has 0 aliphatic rings. The first-order valence-corrected chi connectivity index (χ1v) is 17.2. The maximum Gasteiger partial charge on any atom is 0.417 e. The zero-order chi connectivity index (χ0) is 32.1. The zero-order valence-electron chi connectivity index (χ0n) is 27.8. The highest BCUT2D eigenvalue weighted by molar-refractivity contribution is 5.91. The maximum absolute atomic E-state index is 12.6. The topological polar surface area (TPSA) is 76.7 Å². The first-order chi connectivity index (χ1) is 22.0. The molecule has 3 rings (SSSR count). The molecule has 0 atom stereocenters. The Morgan fingerprint density at radius 2 is 0.956 bits per heavy atom. The van der Waals surface area contributed by atoms with E-state index in [1.807, 2.05) is 61.5 Å². The minimum atomic E-state index is -0.594. The average molecular weight is 615 g/mol. The Kier molecular flexibility index (Phi) is 16.7. The quantitative estimate of drug-likeness (QED) is 0.124. The van der Waals surface area contributed by atoms with Gasteiger partial charge in [0, 0.05) is 11.4 Å². The van der Waals surface area contributed by atoms with Gasteiger partial charge >= 0.3 is 12.2 Å². The highest BCUT2D eigenvalue weighted by Gasteiger charge is 2.11. The highest BCUT2D eigenvalue weighted by Crippen LogP contribution is 2.23. The summed E-state index contributed by atoms with van der Waals surface area (Å²) in [7, 11) is 0. The van der Waals surface area contributed by atoms with Gasteiger partial charge < -0.3 is 9.47 Å². The van der Waals surface area contributed by atoms with E-state index in [1.165, 1.54) is 101 Å². The fourth-order valence-corrected chi connectivity index (χ4v) is 5.35. The van der Waals surface area contributed by atoms with Crippen LogP contribution >= 0.6 is 0 Å². The highest BCUT2D eigenvalue weighted by atomic mass is 16.6. The van der Waals surface area contributed by atoms with Gasteiger partial charge in [-0.15, -0.1) is 0 Å².